The number of hydrogen-bond acceptors (Lipinski definition) is 6. The van der Waals surface area contributed by atoms with Gasteiger partial charge in [-0.1, -0.05) is 64.7 Å². The standard InChI is InChI=1S/C38H41F17O6/c1-3-4-5-6-7-8-9-10-11-12-22-58-26-15-13-25(14-16-26)30(57)61-28-19-17-27(18-20-28)60-24(2)29(56)59-23-21-31(39,40)32(41,42)33(43,44)34(45,46)35(47,48)36(49,50)37(51,52)38(53,54)55/h13-20,24H,3-12,21-23H2,1-2H3/t24-/m0/s1. The van der Waals surface area contributed by atoms with E-state index in [1.807, 2.05) is 0 Å². The number of benzene rings is 2. The molecule has 0 aliphatic rings. The maximum atomic E-state index is 14.1. The Morgan fingerprint density at radius 2 is 0.918 bits per heavy atom. The third-order valence-electron chi connectivity index (χ3n) is 8.98. The van der Waals surface area contributed by atoms with E-state index in [2.05, 4.69) is 11.7 Å². The van der Waals surface area contributed by atoms with Crippen LogP contribution in [-0.4, -0.2) is 78.9 Å². The van der Waals surface area contributed by atoms with Gasteiger partial charge in [-0.05, 0) is 61.9 Å². The maximum absolute atomic E-state index is 14.1. The predicted molar refractivity (Wildman–Crippen MR) is 182 cm³/mol. The first-order valence-corrected chi connectivity index (χ1v) is 18.5. The van der Waals surface area contributed by atoms with Crippen LogP contribution in [0.15, 0.2) is 48.5 Å². The third kappa shape index (κ3) is 12.3. The first-order chi connectivity index (χ1) is 27.9. The molecule has 0 unspecified atom stereocenters. The number of halogens is 17. The first-order valence-electron chi connectivity index (χ1n) is 18.5. The number of ether oxygens (including phenoxy) is 4. The van der Waals surface area contributed by atoms with E-state index >= 15 is 0 Å². The van der Waals surface area contributed by atoms with Crippen molar-refractivity contribution in [3.05, 3.63) is 54.1 Å². The fourth-order valence-corrected chi connectivity index (χ4v) is 5.22. The second-order valence-electron chi connectivity index (χ2n) is 13.7. The highest BCUT2D eigenvalue weighted by molar-refractivity contribution is 5.91. The van der Waals surface area contributed by atoms with Crippen molar-refractivity contribution in [2.24, 2.45) is 0 Å². The SMILES string of the molecule is CCCCCCCCCCCCOc1ccc(C(=O)Oc2ccc(O[C@@H](C)C(=O)OCCC(F)(F)C(F)(F)C(F)(F)C(F)(F)C(F)(F)C(F)(F)C(F)(F)C(F)(F)F)cc2)cc1. The normalized spacial score (nSPS) is 14.1. The van der Waals surface area contributed by atoms with Crippen molar-refractivity contribution in [2.45, 2.75) is 138 Å². The highest BCUT2D eigenvalue weighted by atomic mass is 19.4. The van der Waals surface area contributed by atoms with Gasteiger partial charge >= 0.3 is 59.6 Å². The zero-order valence-electron chi connectivity index (χ0n) is 32.3. The van der Waals surface area contributed by atoms with Crippen molar-refractivity contribution in [3.63, 3.8) is 0 Å². The Morgan fingerprint density at radius 3 is 1.39 bits per heavy atom. The number of esters is 2. The summed E-state index contributed by atoms with van der Waals surface area (Å²) in [6, 6.07) is 10.5. The Bertz CT molecular complexity index is 1680. The number of alkyl halides is 17. The molecule has 61 heavy (non-hydrogen) atoms. The average molecular weight is 917 g/mol. The van der Waals surface area contributed by atoms with Crippen LogP contribution >= 0.6 is 0 Å². The molecule has 0 saturated heterocycles. The lowest BCUT2D eigenvalue weighted by molar-refractivity contribution is -0.461. The first kappa shape index (κ1) is 52.9. The fraction of sp³-hybridized carbons (Fsp3) is 0.632. The molecule has 0 spiro atoms. The summed E-state index contributed by atoms with van der Waals surface area (Å²) >= 11 is 0. The summed E-state index contributed by atoms with van der Waals surface area (Å²) in [4.78, 5) is 24.7. The molecule has 0 saturated carbocycles. The van der Waals surface area contributed by atoms with E-state index in [0.29, 0.717) is 12.4 Å². The van der Waals surface area contributed by atoms with Gasteiger partial charge in [0.2, 0.25) is 0 Å². The van der Waals surface area contributed by atoms with Crippen molar-refractivity contribution in [1.29, 1.82) is 0 Å². The van der Waals surface area contributed by atoms with Crippen molar-refractivity contribution >= 4 is 11.9 Å². The smallest absolute Gasteiger partial charge is 0.460 e. The van der Waals surface area contributed by atoms with Gasteiger partial charge in [-0.25, -0.2) is 9.59 Å². The topological polar surface area (TPSA) is 71.1 Å². The van der Waals surface area contributed by atoms with Crippen LogP contribution in [0, 0.1) is 0 Å². The molecule has 2 aromatic rings. The lowest BCUT2D eigenvalue weighted by atomic mass is 9.88. The molecule has 1 atom stereocenters. The molecular weight excluding hydrogens is 875 g/mol. The van der Waals surface area contributed by atoms with Gasteiger partial charge in [-0.2, -0.15) is 74.6 Å². The zero-order valence-corrected chi connectivity index (χ0v) is 32.3. The fourth-order valence-electron chi connectivity index (χ4n) is 5.22. The van der Waals surface area contributed by atoms with E-state index < -0.39 is 78.7 Å². The van der Waals surface area contributed by atoms with Crippen LogP contribution in [0.2, 0.25) is 0 Å². The maximum Gasteiger partial charge on any atom is 0.460 e. The van der Waals surface area contributed by atoms with Crippen LogP contribution in [0.25, 0.3) is 0 Å². The molecule has 0 bridgehead atoms. The van der Waals surface area contributed by atoms with Crippen molar-refractivity contribution in [3.8, 4) is 17.2 Å². The van der Waals surface area contributed by atoms with Gasteiger partial charge in [-0.15, -0.1) is 0 Å². The summed E-state index contributed by atoms with van der Waals surface area (Å²) in [5, 5.41) is 0. The quantitative estimate of drug-likeness (QED) is 0.0405. The number of hydrogen-bond donors (Lipinski definition) is 0. The molecule has 0 aliphatic carbocycles. The molecule has 0 heterocycles. The molecule has 0 aromatic heterocycles. The second-order valence-corrected chi connectivity index (χ2v) is 13.7. The Morgan fingerprint density at radius 1 is 0.508 bits per heavy atom. The van der Waals surface area contributed by atoms with Gasteiger partial charge in [0, 0.05) is 0 Å². The molecule has 23 heteroatoms. The van der Waals surface area contributed by atoms with Gasteiger partial charge in [0.25, 0.3) is 0 Å². The van der Waals surface area contributed by atoms with Gasteiger partial charge in [0.05, 0.1) is 25.2 Å². The van der Waals surface area contributed by atoms with Crippen LogP contribution in [0.1, 0.15) is 94.8 Å². The molecule has 0 amide bonds. The highest BCUT2D eigenvalue weighted by Crippen LogP contribution is 2.64. The molecular formula is C38H41F17O6. The summed E-state index contributed by atoms with van der Waals surface area (Å²) in [5.74, 6) is -59.7. The van der Waals surface area contributed by atoms with E-state index in [1.165, 1.54) is 57.1 Å². The van der Waals surface area contributed by atoms with Crippen molar-refractivity contribution < 1.29 is 103 Å². The predicted octanol–water partition coefficient (Wildman–Crippen LogP) is 12.9. The molecule has 348 valence electrons. The van der Waals surface area contributed by atoms with E-state index in [9.17, 15) is 84.2 Å². The minimum Gasteiger partial charge on any atom is -0.494 e. The van der Waals surface area contributed by atoms with Crippen LogP contribution in [0.5, 0.6) is 17.2 Å². The van der Waals surface area contributed by atoms with Crippen LogP contribution in [0.3, 0.4) is 0 Å². The zero-order chi connectivity index (χ0) is 46.7. The molecule has 0 fully saturated rings. The van der Waals surface area contributed by atoms with Gasteiger partial charge < -0.3 is 18.9 Å². The second kappa shape index (κ2) is 20.8. The van der Waals surface area contributed by atoms with Crippen molar-refractivity contribution in [2.75, 3.05) is 13.2 Å². The summed E-state index contributed by atoms with van der Waals surface area (Å²) in [6.07, 6.45) is -1.05. The summed E-state index contributed by atoms with van der Waals surface area (Å²) in [5.41, 5.74) is 0.133. The largest absolute Gasteiger partial charge is 0.494 e. The molecule has 0 radical (unpaired) electrons. The summed E-state index contributed by atoms with van der Waals surface area (Å²) in [6.45, 7) is 1.39. The minimum atomic E-state index is -8.74. The highest BCUT2D eigenvalue weighted by Gasteiger charge is 2.95. The Kier molecular flexibility index (Phi) is 18.0. The number of carbonyl (C=O) groups is 2. The summed E-state index contributed by atoms with van der Waals surface area (Å²) < 4.78 is 249. The lowest BCUT2D eigenvalue weighted by Gasteiger charge is -2.42. The van der Waals surface area contributed by atoms with Crippen LogP contribution < -0.4 is 14.2 Å². The number of carbonyl (C=O) groups excluding carboxylic acids is 2. The molecule has 2 aromatic carbocycles. The number of rotatable bonds is 26. The lowest BCUT2D eigenvalue weighted by Crippen LogP contribution is -2.74. The number of unbranched alkanes of at least 4 members (excludes halogenated alkanes) is 9. The van der Waals surface area contributed by atoms with E-state index in [4.69, 9.17) is 14.2 Å². The van der Waals surface area contributed by atoms with Crippen molar-refractivity contribution in [1.82, 2.24) is 0 Å². The monoisotopic (exact) mass is 916 g/mol. The average Bonchev–Trinajstić information content (AvgIpc) is 3.16. The van der Waals surface area contributed by atoms with E-state index in [1.54, 1.807) is 12.1 Å². The molecule has 6 nitrogen and oxygen atoms in total. The Labute approximate surface area is 338 Å². The molecule has 0 aliphatic heterocycles. The third-order valence-corrected chi connectivity index (χ3v) is 8.98. The summed E-state index contributed by atoms with van der Waals surface area (Å²) in [7, 11) is 0. The Balaban J connectivity index is 1.90. The van der Waals surface area contributed by atoms with E-state index in [0.717, 1.165) is 50.5 Å². The van der Waals surface area contributed by atoms with Gasteiger partial charge in [0.1, 0.15) is 17.2 Å². The van der Waals surface area contributed by atoms with Gasteiger partial charge in [-0.3, -0.25) is 0 Å². The molecule has 0 N–H and O–H groups in total. The molecule has 2 rings (SSSR count). The van der Waals surface area contributed by atoms with Crippen LogP contribution in [-0.2, 0) is 9.53 Å². The van der Waals surface area contributed by atoms with E-state index in [-0.39, 0.29) is 17.1 Å². The minimum absolute atomic E-state index is 0.0602. The Hall–Kier alpha value is -4.21. The van der Waals surface area contributed by atoms with Gasteiger partial charge in [0.15, 0.2) is 6.10 Å². The van der Waals surface area contributed by atoms with Crippen LogP contribution in [0.4, 0.5) is 74.6 Å².